The Morgan fingerprint density at radius 2 is 2.00 bits per heavy atom. The third-order valence-corrected chi connectivity index (χ3v) is 5.04. The number of carbonyl (C=O) groups is 1. The van der Waals surface area contributed by atoms with Gasteiger partial charge < -0.3 is 4.90 Å². The Morgan fingerprint density at radius 1 is 1.23 bits per heavy atom. The molecule has 1 unspecified atom stereocenters. The van der Waals surface area contributed by atoms with E-state index in [2.05, 4.69) is 9.97 Å². The molecule has 3 aromatic rings. The number of amides is 1. The second-order valence-corrected chi connectivity index (χ2v) is 7.46. The number of aromatic nitrogens is 3. The number of nitrogens with zero attached hydrogens (tertiary/aromatic N) is 4. The third kappa shape index (κ3) is 3.77. The van der Waals surface area contributed by atoms with Crippen molar-refractivity contribution in [2.45, 2.75) is 23.9 Å². The molecule has 7 heteroatoms. The molecule has 2 heterocycles. The van der Waals surface area contributed by atoms with Crippen LogP contribution in [0.2, 0.25) is 0 Å². The van der Waals surface area contributed by atoms with Crippen molar-refractivity contribution in [3.63, 3.8) is 0 Å². The molecule has 134 valence electrons. The van der Waals surface area contributed by atoms with E-state index in [1.807, 2.05) is 37.3 Å². The summed E-state index contributed by atoms with van der Waals surface area (Å²) in [7, 11) is 3.44. The summed E-state index contributed by atoms with van der Waals surface area (Å²) in [4.78, 5) is 35.6. The van der Waals surface area contributed by atoms with Crippen molar-refractivity contribution >= 4 is 28.6 Å². The largest absolute Gasteiger partial charge is 0.348 e. The first-order valence-electron chi connectivity index (χ1n) is 8.23. The minimum Gasteiger partial charge on any atom is -0.348 e. The number of hydrogen-bond acceptors (Lipinski definition) is 5. The molecule has 0 fully saturated rings. The van der Waals surface area contributed by atoms with Crippen LogP contribution in [0, 0.1) is 0 Å². The Morgan fingerprint density at radius 3 is 2.69 bits per heavy atom. The average Bonchev–Trinajstić information content (AvgIpc) is 2.65. The van der Waals surface area contributed by atoms with Crippen molar-refractivity contribution in [1.29, 1.82) is 0 Å². The van der Waals surface area contributed by atoms with Crippen LogP contribution in [0.1, 0.15) is 12.5 Å². The number of para-hydroxylation sites is 1. The highest BCUT2D eigenvalue weighted by Crippen LogP contribution is 2.24. The van der Waals surface area contributed by atoms with Gasteiger partial charge in [-0.25, -0.2) is 4.98 Å². The van der Waals surface area contributed by atoms with E-state index in [9.17, 15) is 9.59 Å². The molecular formula is C19H20N4O2S. The van der Waals surface area contributed by atoms with E-state index in [-0.39, 0.29) is 16.7 Å². The zero-order valence-electron chi connectivity index (χ0n) is 14.9. The van der Waals surface area contributed by atoms with Crippen LogP contribution in [-0.2, 0) is 11.3 Å². The number of pyridine rings is 1. The Balaban J connectivity index is 2.08. The molecule has 1 amide bonds. The van der Waals surface area contributed by atoms with Gasteiger partial charge in [0.05, 0.1) is 22.7 Å². The SMILES string of the molecule is CC(Sc1nc2ccccc2c(=O)n1Cc1cccnc1)C(=O)N(C)C. The fourth-order valence-electron chi connectivity index (χ4n) is 2.62. The van der Waals surface area contributed by atoms with Gasteiger partial charge in [-0.05, 0) is 30.7 Å². The molecule has 1 aromatic carbocycles. The molecular weight excluding hydrogens is 348 g/mol. The molecule has 1 atom stereocenters. The molecule has 0 radical (unpaired) electrons. The highest BCUT2D eigenvalue weighted by Gasteiger charge is 2.20. The Hall–Kier alpha value is -2.67. The Labute approximate surface area is 155 Å². The molecule has 0 spiro atoms. The third-order valence-electron chi connectivity index (χ3n) is 3.96. The smallest absolute Gasteiger partial charge is 0.262 e. The van der Waals surface area contributed by atoms with E-state index < -0.39 is 0 Å². The van der Waals surface area contributed by atoms with Crippen molar-refractivity contribution in [1.82, 2.24) is 19.4 Å². The maximum Gasteiger partial charge on any atom is 0.262 e. The molecule has 0 saturated heterocycles. The van der Waals surface area contributed by atoms with E-state index in [1.54, 1.807) is 42.0 Å². The summed E-state index contributed by atoms with van der Waals surface area (Å²) in [5.74, 6) is -0.0228. The van der Waals surface area contributed by atoms with E-state index in [0.29, 0.717) is 22.6 Å². The van der Waals surface area contributed by atoms with E-state index in [0.717, 1.165) is 5.56 Å². The van der Waals surface area contributed by atoms with E-state index in [1.165, 1.54) is 11.8 Å². The van der Waals surface area contributed by atoms with Gasteiger partial charge in [0, 0.05) is 26.5 Å². The summed E-state index contributed by atoms with van der Waals surface area (Å²) in [6, 6.07) is 11.0. The molecule has 0 aliphatic rings. The minimum atomic E-state index is -0.349. The maximum absolute atomic E-state index is 13.0. The monoisotopic (exact) mass is 368 g/mol. The first-order valence-corrected chi connectivity index (χ1v) is 9.11. The van der Waals surface area contributed by atoms with Gasteiger partial charge in [-0.15, -0.1) is 0 Å². The van der Waals surface area contributed by atoms with Crippen LogP contribution in [0.4, 0.5) is 0 Å². The van der Waals surface area contributed by atoms with Crippen LogP contribution in [0.25, 0.3) is 10.9 Å². The summed E-state index contributed by atoms with van der Waals surface area (Å²) < 4.78 is 1.61. The molecule has 0 aliphatic heterocycles. The van der Waals surface area contributed by atoms with Crippen LogP contribution in [0.3, 0.4) is 0 Å². The topological polar surface area (TPSA) is 68.1 Å². The minimum absolute atomic E-state index is 0.0228. The quantitative estimate of drug-likeness (QED) is 0.511. The summed E-state index contributed by atoms with van der Waals surface area (Å²) in [5, 5.41) is 0.741. The number of benzene rings is 1. The van der Waals surface area contributed by atoms with Gasteiger partial charge in [0.1, 0.15) is 0 Å². The molecule has 26 heavy (non-hydrogen) atoms. The summed E-state index contributed by atoms with van der Waals surface area (Å²) in [5.41, 5.74) is 1.42. The zero-order valence-corrected chi connectivity index (χ0v) is 15.7. The van der Waals surface area contributed by atoms with Gasteiger partial charge in [0.2, 0.25) is 5.91 Å². The summed E-state index contributed by atoms with van der Waals surface area (Å²) in [6.45, 7) is 2.18. The molecule has 0 aliphatic carbocycles. The van der Waals surface area contributed by atoms with Crippen LogP contribution >= 0.6 is 11.8 Å². The number of fused-ring (bicyclic) bond motifs is 1. The first kappa shape index (κ1) is 18.1. The lowest BCUT2D eigenvalue weighted by molar-refractivity contribution is -0.127. The number of rotatable bonds is 5. The average molecular weight is 368 g/mol. The van der Waals surface area contributed by atoms with Gasteiger partial charge in [-0.1, -0.05) is 30.0 Å². The molecule has 6 nitrogen and oxygen atoms in total. The number of thioether (sulfide) groups is 1. The van der Waals surface area contributed by atoms with E-state index in [4.69, 9.17) is 0 Å². The highest BCUT2D eigenvalue weighted by molar-refractivity contribution is 8.00. The normalized spacial score (nSPS) is 12.1. The second-order valence-electron chi connectivity index (χ2n) is 6.16. The summed E-state index contributed by atoms with van der Waals surface area (Å²) >= 11 is 1.30. The molecule has 3 rings (SSSR count). The van der Waals surface area contributed by atoms with Gasteiger partial charge in [0.15, 0.2) is 5.16 Å². The fraction of sp³-hybridized carbons (Fsp3) is 0.263. The van der Waals surface area contributed by atoms with Crippen LogP contribution in [0.5, 0.6) is 0 Å². The highest BCUT2D eigenvalue weighted by atomic mass is 32.2. The van der Waals surface area contributed by atoms with Gasteiger partial charge in [-0.2, -0.15) is 0 Å². The number of carbonyl (C=O) groups excluding carboxylic acids is 1. The number of hydrogen-bond donors (Lipinski definition) is 0. The predicted octanol–water partition coefficient (Wildman–Crippen LogP) is 2.41. The Kier molecular flexibility index (Phi) is 5.37. The lowest BCUT2D eigenvalue weighted by Crippen LogP contribution is -2.31. The Bertz CT molecular complexity index is 986. The lowest BCUT2D eigenvalue weighted by Gasteiger charge is -2.18. The zero-order chi connectivity index (χ0) is 18.7. The molecule has 0 N–H and O–H groups in total. The standard InChI is InChI=1S/C19H20N4O2S/c1-13(17(24)22(2)3)26-19-21-16-9-5-4-8-15(16)18(25)23(19)12-14-7-6-10-20-11-14/h4-11,13H,12H2,1-3H3. The van der Waals surface area contributed by atoms with Gasteiger partial charge in [0.25, 0.3) is 5.56 Å². The maximum atomic E-state index is 13.0. The van der Waals surface area contributed by atoms with Crippen molar-refractivity contribution in [3.8, 4) is 0 Å². The lowest BCUT2D eigenvalue weighted by atomic mass is 10.2. The fourth-order valence-corrected chi connectivity index (χ4v) is 3.68. The van der Waals surface area contributed by atoms with Crippen molar-refractivity contribution in [2.75, 3.05) is 14.1 Å². The van der Waals surface area contributed by atoms with Crippen LogP contribution in [-0.4, -0.2) is 44.7 Å². The van der Waals surface area contributed by atoms with Crippen molar-refractivity contribution in [2.24, 2.45) is 0 Å². The van der Waals surface area contributed by atoms with Gasteiger partial charge >= 0.3 is 0 Å². The molecule has 2 aromatic heterocycles. The van der Waals surface area contributed by atoms with Crippen molar-refractivity contribution < 1.29 is 4.79 Å². The predicted molar refractivity (Wildman–Crippen MR) is 103 cm³/mol. The molecule has 0 bridgehead atoms. The van der Waals surface area contributed by atoms with Gasteiger partial charge in [-0.3, -0.25) is 19.1 Å². The summed E-state index contributed by atoms with van der Waals surface area (Å²) in [6.07, 6.45) is 3.42. The van der Waals surface area contributed by atoms with Crippen molar-refractivity contribution in [3.05, 3.63) is 64.7 Å². The van der Waals surface area contributed by atoms with E-state index >= 15 is 0 Å². The van der Waals surface area contributed by atoms with Crippen LogP contribution in [0.15, 0.2) is 58.7 Å². The molecule has 0 saturated carbocycles. The second kappa shape index (κ2) is 7.70. The first-order chi connectivity index (χ1) is 12.5. The van der Waals surface area contributed by atoms with Crippen LogP contribution < -0.4 is 5.56 Å².